The molecule has 3 heteroatoms. The second-order valence-electron chi connectivity index (χ2n) is 4.51. The molecule has 0 bridgehead atoms. The van der Waals surface area contributed by atoms with E-state index in [1.165, 1.54) is 12.1 Å². The van der Waals surface area contributed by atoms with Gasteiger partial charge in [-0.15, -0.1) is 6.42 Å². The second kappa shape index (κ2) is 6.38. The van der Waals surface area contributed by atoms with E-state index in [0.717, 1.165) is 0 Å². The van der Waals surface area contributed by atoms with Crippen LogP contribution in [0.4, 0.5) is 14.5 Å². The molecule has 106 valence electrons. The quantitative estimate of drug-likeness (QED) is 0.585. The van der Waals surface area contributed by atoms with E-state index in [4.69, 9.17) is 12.2 Å². The number of hydrogen-bond acceptors (Lipinski definition) is 1. The molecule has 0 saturated heterocycles. The number of benzene rings is 2. The first-order valence-corrected chi connectivity index (χ1v) is 6.64. The summed E-state index contributed by atoms with van der Waals surface area (Å²) < 4.78 is 27.8. The van der Waals surface area contributed by atoms with Crippen LogP contribution in [0, 0.1) is 24.0 Å². The van der Waals surface area contributed by atoms with Crippen molar-refractivity contribution in [1.29, 1.82) is 0 Å². The smallest absolute Gasteiger partial charge is 0.150 e. The Labute approximate surface area is 118 Å². The van der Waals surface area contributed by atoms with E-state index >= 15 is 0 Å². The molecule has 0 aliphatic carbocycles. The Morgan fingerprint density at radius 2 is 1.80 bits per heavy atom. The highest BCUT2D eigenvalue weighted by Gasteiger charge is 2.18. The van der Waals surface area contributed by atoms with Gasteiger partial charge in [0.25, 0.3) is 0 Å². The topological polar surface area (TPSA) is 26.0 Å². The van der Waals surface area contributed by atoms with Gasteiger partial charge in [-0.1, -0.05) is 39.7 Å². The van der Waals surface area contributed by atoms with Gasteiger partial charge in [-0.25, -0.2) is 8.78 Å². The van der Waals surface area contributed by atoms with Crippen molar-refractivity contribution in [2.24, 2.45) is 0 Å². The van der Waals surface area contributed by atoms with Crippen molar-refractivity contribution < 1.29 is 8.78 Å². The summed E-state index contributed by atoms with van der Waals surface area (Å²) in [6.45, 7) is 7.64. The van der Waals surface area contributed by atoms with Crippen LogP contribution in [0.3, 0.4) is 0 Å². The molecule has 0 aliphatic heterocycles. The van der Waals surface area contributed by atoms with Gasteiger partial charge in [-0.3, -0.25) is 0 Å². The molecule has 0 atom stereocenters. The summed E-state index contributed by atoms with van der Waals surface area (Å²) in [5.41, 5.74) is 6.16. The lowest BCUT2D eigenvalue weighted by atomic mass is 9.91. The van der Waals surface area contributed by atoms with Gasteiger partial charge in [-0.05, 0) is 23.4 Å². The van der Waals surface area contributed by atoms with Gasteiger partial charge in [0, 0.05) is 10.9 Å². The Balaban J connectivity index is 0.000000956. The molecule has 0 aliphatic rings. The molecule has 1 nitrogen and oxygen atoms in total. The third-order valence-electron chi connectivity index (χ3n) is 2.98. The van der Waals surface area contributed by atoms with E-state index in [2.05, 4.69) is 5.92 Å². The predicted octanol–water partition coefficient (Wildman–Crippen LogP) is 4.83. The third kappa shape index (κ3) is 2.60. The lowest BCUT2D eigenvalue weighted by Crippen LogP contribution is -2.02. The minimum Gasteiger partial charge on any atom is -0.396 e. The second-order valence-corrected chi connectivity index (χ2v) is 4.51. The molecule has 0 spiro atoms. The van der Waals surface area contributed by atoms with Gasteiger partial charge in [0.1, 0.15) is 11.6 Å². The maximum Gasteiger partial charge on any atom is 0.150 e. The number of nitrogen functional groups attached to an aromatic ring is 1. The third-order valence-corrected chi connectivity index (χ3v) is 2.98. The molecule has 0 amide bonds. The number of halogens is 2. The van der Waals surface area contributed by atoms with Gasteiger partial charge >= 0.3 is 0 Å². The van der Waals surface area contributed by atoms with Crippen LogP contribution in [0.2, 0.25) is 0 Å². The van der Waals surface area contributed by atoms with Crippen LogP contribution in [0.15, 0.2) is 18.2 Å². The molecule has 0 heterocycles. The number of terminal acetylenes is 1. The van der Waals surface area contributed by atoms with Crippen LogP contribution < -0.4 is 5.73 Å². The lowest BCUT2D eigenvalue weighted by Gasteiger charge is -2.15. The highest BCUT2D eigenvalue weighted by atomic mass is 19.1. The molecule has 0 aromatic heterocycles. The van der Waals surface area contributed by atoms with Crippen molar-refractivity contribution in [3.8, 4) is 12.3 Å². The normalized spacial score (nSPS) is 10.1. The van der Waals surface area contributed by atoms with Crippen molar-refractivity contribution in [3.63, 3.8) is 0 Å². The van der Waals surface area contributed by atoms with E-state index in [-0.39, 0.29) is 17.2 Å². The maximum atomic E-state index is 14.1. The molecule has 0 fully saturated rings. The van der Waals surface area contributed by atoms with Crippen LogP contribution >= 0.6 is 0 Å². The van der Waals surface area contributed by atoms with E-state index in [1.807, 2.05) is 27.7 Å². The molecular formula is C17H19F2N. The number of fused-ring (bicyclic) bond motifs is 1. The number of anilines is 1. The number of rotatable bonds is 1. The van der Waals surface area contributed by atoms with Gasteiger partial charge in [0.2, 0.25) is 0 Å². The molecule has 0 saturated carbocycles. The first kappa shape index (κ1) is 16.0. The fourth-order valence-corrected chi connectivity index (χ4v) is 2.18. The van der Waals surface area contributed by atoms with Gasteiger partial charge in [0.05, 0.1) is 11.3 Å². The molecule has 2 aromatic carbocycles. The summed E-state index contributed by atoms with van der Waals surface area (Å²) in [6, 6.07) is 4.32. The highest BCUT2D eigenvalue weighted by molar-refractivity contribution is 5.94. The Kier molecular flexibility index (Phi) is 5.10. The lowest BCUT2D eigenvalue weighted by molar-refractivity contribution is 0.605. The minimum atomic E-state index is -0.518. The maximum absolute atomic E-state index is 14.1. The average Bonchev–Trinajstić information content (AvgIpc) is 2.42. The number of hydrogen-bond donors (Lipinski definition) is 1. The summed E-state index contributed by atoms with van der Waals surface area (Å²) in [4.78, 5) is 0. The molecule has 0 radical (unpaired) electrons. The molecule has 2 aromatic rings. The SMILES string of the molecule is C#Cc1c(F)ccc2cc(N)c(F)c(C(C)C)c12.CC. The summed E-state index contributed by atoms with van der Waals surface area (Å²) in [5, 5.41) is 1.10. The average molecular weight is 275 g/mol. The Morgan fingerprint density at radius 3 is 2.30 bits per heavy atom. The van der Waals surface area contributed by atoms with Crippen molar-refractivity contribution in [3.05, 3.63) is 41.0 Å². The van der Waals surface area contributed by atoms with Crippen LogP contribution in [0.5, 0.6) is 0 Å². The fourth-order valence-electron chi connectivity index (χ4n) is 2.18. The first-order chi connectivity index (χ1) is 9.47. The summed E-state index contributed by atoms with van der Waals surface area (Å²) >= 11 is 0. The van der Waals surface area contributed by atoms with Gasteiger partial charge in [0.15, 0.2) is 0 Å². The monoisotopic (exact) mass is 275 g/mol. The summed E-state index contributed by atoms with van der Waals surface area (Å²) in [6.07, 6.45) is 5.33. The van der Waals surface area contributed by atoms with Crippen LogP contribution in [0.1, 0.15) is 44.7 Å². The fraction of sp³-hybridized carbons (Fsp3) is 0.294. The van der Waals surface area contributed by atoms with Crippen LogP contribution in [-0.2, 0) is 0 Å². The van der Waals surface area contributed by atoms with Gasteiger partial charge in [-0.2, -0.15) is 0 Å². The van der Waals surface area contributed by atoms with E-state index in [9.17, 15) is 8.78 Å². The zero-order valence-corrected chi connectivity index (χ0v) is 12.2. The van der Waals surface area contributed by atoms with E-state index < -0.39 is 11.6 Å². The predicted molar refractivity (Wildman–Crippen MR) is 81.6 cm³/mol. The van der Waals surface area contributed by atoms with Crippen LogP contribution in [0.25, 0.3) is 10.8 Å². The summed E-state index contributed by atoms with van der Waals surface area (Å²) in [7, 11) is 0. The standard InChI is InChI=1S/C15H13F2N.C2H6/c1-4-10-11(16)6-5-9-7-12(18)15(17)13(8(2)3)14(9)10;1-2/h1,5-8H,18H2,2-3H3;1-2H3. The zero-order valence-electron chi connectivity index (χ0n) is 12.2. The van der Waals surface area contributed by atoms with Crippen molar-refractivity contribution in [2.75, 3.05) is 5.73 Å². The van der Waals surface area contributed by atoms with E-state index in [1.54, 1.807) is 6.07 Å². The molecule has 20 heavy (non-hydrogen) atoms. The first-order valence-electron chi connectivity index (χ1n) is 6.64. The van der Waals surface area contributed by atoms with Crippen molar-refractivity contribution in [1.82, 2.24) is 0 Å². The zero-order chi connectivity index (χ0) is 15.4. The Morgan fingerprint density at radius 1 is 1.20 bits per heavy atom. The molecule has 2 N–H and O–H groups in total. The molecule has 0 unspecified atom stereocenters. The van der Waals surface area contributed by atoms with Crippen LogP contribution in [-0.4, -0.2) is 0 Å². The molecular weight excluding hydrogens is 256 g/mol. The highest BCUT2D eigenvalue weighted by Crippen LogP contribution is 2.34. The van der Waals surface area contributed by atoms with Crippen molar-refractivity contribution >= 4 is 16.5 Å². The van der Waals surface area contributed by atoms with Crippen molar-refractivity contribution in [2.45, 2.75) is 33.6 Å². The van der Waals surface area contributed by atoms with E-state index in [0.29, 0.717) is 16.3 Å². The Hall–Kier alpha value is -2.08. The Bertz CT molecular complexity index is 667. The largest absolute Gasteiger partial charge is 0.396 e. The summed E-state index contributed by atoms with van der Waals surface area (Å²) in [5.74, 6) is 1.13. The number of nitrogens with two attached hydrogens (primary N) is 1. The van der Waals surface area contributed by atoms with Gasteiger partial charge < -0.3 is 5.73 Å². The molecule has 2 rings (SSSR count). The minimum absolute atomic E-state index is 0.0563.